The molecule has 0 unspecified atom stereocenters. The standard InChI is InChI=1S/C19H16N4O5/c1-22-15-6-4-3-5-14(15)21-19(22)13(10-20)17(24)11-28-18-8-7-12(27-2)9-16(18)23(25)26/h3-9,24H,11H2,1-2H3/b17-13-. The van der Waals surface area contributed by atoms with Crippen molar-refractivity contribution in [2.45, 2.75) is 0 Å². The van der Waals surface area contributed by atoms with Crippen LogP contribution in [0, 0.1) is 21.4 Å². The van der Waals surface area contributed by atoms with Gasteiger partial charge in [0.05, 0.1) is 29.1 Å². The molecule has 9 nitrogen and oxygen atoms in total. The number of ether oxygens (including phenoxy) is 2. The number of nitrogens with zero attached hydrogens (tertiary/aromatic N) is 4. The number of hydrogen-bond acceptors (Lipinski definition) is 7. The summed E-state index contributed by atoms with van der Waals surface area (Å²) in [6, 6.07) is 13.3. The number of aliphatic hydroxyl groups is 1. The van der Waals surface area contributed by atoms with Crippen LogP contribution in [0.3, 0.4) is 0 Å². The summed E-state index contributed by atoms with van der Waals surface area (Å²) in [4.78, 5) is 15.0. The Morgan fingerprint density at radius 3 is 2.75 bits per heavy atom. The van der Waals surface area contributed by atoms with E-state index in [1.807, 2.05) is 24.3 Å². The van der Waals surface area contributed by atoms with Crippen molar-refractivity contribution in [1.82, 2.24) is 9.55 Å². The number of methoxy groups -OCH3 is 1. The van der Waals surface area contributed by atoms with Gasteiger partial charge in [-0.15, -0.1) is 0 Å². The molecule has 9 heteroatoms. The molecule has 0 aliphatic heterocycles. The van der Waals surface area contributed by atoms with Crippen LogP contribution in [0.5, 0.6) is 11.5 Å². The van der Waals surface area contributed by atoms with Crippen molar-refractivity contribution in [2.24, 2.45) is 7.05 Å². The Morgan fingerprint density at radius 1 is 1.36 bits per heavy atom. The van der Waals surface area contributed by atoms with Gasteiger partial charge in [-0.3, -0.25) is 10.1 Å². The van der Waals surface area contributed by atoms with Crippen LogP contribution in [0.15, 0.2) is 48.2 Å². The number of nitro groups is 1. The highest BCUT2D eigenvalue weighted by molar-refractivity contribution is 5.83. The maximum absolute atomic E-state index is 11.2. The van der Waals surface area contributed by atoms with Crippen molar-refractivity contribution in [1.29, 1.82) is 5.26 Å². The zero-order chi connectivity index (χ0) is 20.3. The van der Waals surface area contributed by atoms with Gasteiger partial charge in [-0.05, 0) is 24.3 Å². The summed E-state index contributed by atoms with van der Waals surface area (Å²) in [6.45, 7) is -0.431. The molecule has 1 heterocycles. The van der Waals surface area contributed by atoms with Crippen molar-refractivity contribution >= 4 is 22.3 Å². The molecule has 0 saturated heterocycles. The first-order valence-electron chi connectivity index (χ1n) is 8.15. The Hall–Kier alpha value is -4.06. The van der Waals surface area contributed by atoms with Gasteiger partial charge in [-0.25, -0.2) is 4.98 Å². The fourth-order valence-electron chi connectivity index (χ4n) is 2.72. The van der Waals surface area contributed by atoms with E-state index in [1.54, 1.807) is 17.7 Å². The van der Waals surface area contributed by atoms with Crippen molar-refractivity contribution in [2.75, 3.05) is 13.7 Å². The second-order valence-electron chi connectivity index (χ2n) is 5.80. The average molecular weight is 380 g/mol. The summed E-state index contributed by atoms with van der Waals surface area (Å²) in [5.74, 6) is 0.135. The SMILES string of the molecule is COc1ccc(OC/C(O)=C(\C#N)c2nc3ccccc3n2C)c([N+](=O)[O-])c1. The van der Waals surface area contributed by atoms with Gasteiger partial charge in [-0.1, -0.05) is 12.1 Å². The molecule has 0 fully saturated rings. The molecule has 0 saturated carbocycles. The number of nitro benzene ring substituents is 1. The summed E-state index contributed by atoms with van der Waals surface area (Å²) in [5.41, 5.74) is 1.08. The van der Waals surface area contributed by atoms with Crippen LogP contribution >= 0.6 is 0 Å². The van der Waals surface area contributed by atoms with Gasteiger partial charge in [-0.2, -0.15) is 5.26 Å². The van der Waals surface area contributed by atoms with Gasteiger partial charge in [0.2, 0.25) is 0 Å². The third-order valence-electron chi connectivity index (χ3n) is 4.14. The van der Waals surface area contributed by atoms with E-state index in [-0.39, 0.29) is 28.6 Å². The van der Waals surface area contributed by atoms with E-state index < -0.39 is 11.5 Å². The predicted octanol–water partition coefficient (Wildman–Crippen LogP) is 3.36. The number of hydrogen-bond donors (Lipinski definition) is 1. The molecule has 0 spiro atoms. The molecule has 2 aromatic carbocycles. The normalized spacial score (nSPS) is 11.6. The largest absolute Gasteiger partial charge is 0.507 e. The number of allylic oxidation sites excluding steroid dienone is 1. The quantitative estimate of drug-likeness (QED) is 0.301. The van der Waals surface area contributed by atoms with E-state index >= 15 is 0 Å². The molecule has 1 N–H and O–H groups in total. The van der Waals surface area contributed by atoms with E-state index in [1.165, 1.54) is 25.3 Å². The van der Waals surface area contributed by atoms with Gasteiger partial charge >= 0.3 is 5.69 Å². The summed E-state index contributed by atoms with van der Waals surface area (Å²) in [7, 11) is 3.12. The highest BCUT2D eigenvalue weighted by Crippen LogP contribution is 2.31. The Labute approximate surface area is 159 Å². The maximum Gasteiger partial charge on any atom is 0.314 e. The lowest BCUT2D eigenvalue weighted by molar-refractivity contribution is -0.385. The van der Waals surface area contributed by atoms with Crippen LogP contribution in [-0.2, 0) is 7.05 Å². The first kappa shape index (κ1) is 18.7. The average Bonchev–Trinajstić information content (AvgIpc) is 3.03. The first-order valence-corrected chi connectivity index (χ1v) is 8.15. The van der Waals surface area contributed by atoms with Crippen LogP contribution in [-0.4, -0.2) is 33.3 Å². The molecule has 0 amide bonds. The number of benzene rings is 2. The van der Waals surface area contributed by atoms with Crippen molar-refractivity contribution in [3.63, 3.8) is 0 Å². The highest BCUT2D eigenvalue weighted by Gasteiger charge is 2.20. The van der Waals surface area contributed by atoms with Gasteiger partial charge in [0.25, 0.3) is 0 Å². The lowest BCUT2D eigenvalue weighted by Gasteiger charge is -2.09. The number of aliphatic hydroxyl groups excluding tert-OH is 1. The Balaban J connectivity index is 1.93. The lowest BCUT2D eigenvalue weighted by Crippen LogP contribution is -2.07. The minimum Gasteiger partial charge on any atom is -0.507 e. The fraction of sp³-hybridized carbons (Fsp3) is 0.158. The number of fused-ring (bicyclic) bond motifs is 1. The second-order valence-corrected chi connectivity index (χ2v) is 5.80. The van der Waals surface area contributed by atoms with Crippen molar-refractivity contribution < 1.29 is 19.5 Å². The van der Waals surface area contributed by atoms with E-state index in [2.05, 4.69) is 4.98 Å². The van der Waals surface area contributed by atoms with Crippen LogP contribution in [0.2, 0.25) is 0 Å². The van der Waals surface area contributed by atoms with Gasteiger partial charge in [0.1, 0.15) is 24.0 Å². The van der Waals surface area contributed by atoms with Crippen molar-refractivity contribution in [3.05, 3.63) is 64.2 Å². The molecule has 28 heavy (non-hydrogen) atoms. The smallest absolute Gasteiger partial charge is 0.314 e. The molecule has 142 valence electrons. The van der Waals surface area contributed by atoms with Crippen LogP contribution in [0.25, 0.3) is 16.6 Å². The number of nitriles is 1. The third-order valence-corrected chi connectivity index (χ3v) is 4.14. The Kier molecular flexibility index (Phi) is 5.13. The van der Waals surface area contributed by atoms with E-state index in [0.29, 0.717) is 11.3 Å². The molecule has 3 aromatic rings. The van der Waals surface area contributed by atoms with Crippen LogP contribution in [0.4, 0.5) is 5.69 Å². The first-order chi connectivity index (χ1) is 13.5. The molecular formula is C19H16N4O5. The molecule has 0 aliphatic rings. The molecule has 0 radical (unpaired) electrons. The van der Waals surface area contributed by atoms with E-state index in [0.717, 1.165) is 5.52 Å². The Morgan fingerprint density at radius 2 is 2.11 bits per heavy atom. The van der Waals surface area contributed by atoms with Crippen LogP contribution in [0.1, 0.15) is 5.82 Å². The molecule has 0 bridgehead atoms. The number of para-hydroxylation sites is 2. The summed E-state index contributed by atoms with van der Waals surface area (Å²) in [5, 5.41) is 31.1. The zero-order valence-corrected chi connectivity index (χ0v) is 15.1. The molecule has 0 aliphatic carbocycles. The summed E-state index contributed by atoms with van der Waals surface area (Å²) < 4.78 is 12.0. The number of imidazole rings is 1. The highest BCUT2D eigenvalue weighted by atomic mass is 16.6. The number of rotatable bonds is 6. The minimum atomic E-state index is -0.616. The predicted molar refractivity (Wildman–Crippen MR) is 101 cm³/mol. The van der Waals surface area contributed by atoms with Crippen LogP contribution < -0.4 is 9.47 Å². The number of aryl methyl sites for hydroxylation is 1. The fourth-order valence-corrected chi connectivity index (χ4v) is 2.72. The molecule has 1 aromatic heterocycles. The van der Waals surface area contributed by atoms with Gasteiger partial charge < -0.3 is 19.1 Å². The molecule has 0 atom stereocenters. The van der Waals surface area contributed by atoms with E-state index in [9.17, 15) is 20.5 Å². The molecule has 3 rings (SSSR count). The van der Waals surface area contributed by atoms with E-state index in [4.69, 9.17) is 9.47 Å². The summed E-state index contributed by atoms with van der Waals surface area (Å²) >= 11 is 0. The minimum absolute atomic E-state index is 0.0559. The third kappa shape index (κ3) is 3.43. The maximum atomic E-state index is 11.2. The topological polar surface area (TPSA) is 123 Å². The van der Waals surface area contributed by atoms with Gasteiger partial charge in [0, 0.05) is 7.05 Å². The monoisotopic (exact) mass is 380 g/mol. The lowest BCUT2D eigenvalue weighted by atomic mass is 10.2. The zero-order valence-electron chi connectivity index (χ0n) is 15.1. The van der Waals surface area contributed by atoms with Gasteiger partial charge in [0.15, 0.2) is 17.3 Å². The summed E-state index contributed by atoms with van der Waals surface area (Å²) in [6.07, 6.45) is 0. The second kappa shape index (κ2) is 7.67. The van der Waals surface area contributed by atoms with Crippen molar-refractivity contribution in [3.8, 4) is 17.6 Å². The Bertz CT molecular complexity index is 1130. The number of aromatic nitrogens is 2. The molecular weight excluding hydrogens is 364 g/mol.